The number of rotatable bonds is 6. The SMILES string of the molecule is Cc1cc(Nc2nccc(C(F)(F)F)n2)cc(-c2cccc(CCC(=O)O)c2)c1. The first-order chi connectivity index (χ1) is 13.7. The molecule has 2 N–H and O–H groups in total. The van der Waals surface area contributed by atoms with E-state index >= 15 is 0 Å². The number of carbonyl (C=O) groups is 1. The highest BCUT2D eigenvalue weighted by Gasteiger charge is 2.32. The van der Waals surface area contributed by atoms with Crippen molar-refractivity contribution < 1.29 is 23.1 Å². The summed E-state index contributed by atoms with van der Waals surface area (Å²) in [6.07, 6.45) is -3.04. The van der Waals surface area contributed by atoms with Gasteiger partial charge in [-0.25, -0.2) is 9.97 Å². The van der Waals surface area contributed by atoms with E-state index in [9.17, 15) is 18.0 Å². The van der Waals surface area contributed by atoms with E-state index in [0.29, 0.717) is 12.1 Å². The third-order valence-corrected chi connectivity index (χ3v) is 4.17. The van der Waals surface area contributed by atoms with Crippen LogP contribution in [0, 0.1) is 6.92 Å². The molecule has 0 atom stereocenters. The summed E-state index contributed by atoms with van der Waals surface area (Å²) in [6, 6.07) is 13.8. The van der Waals surface area contributed by atoms with Gasteiger partial charge in [-0.2, -0.15) is 13.2 Å². The van der Waals surface area contributed by atoms with Gasteiger partial charge in [0.2, 0.25) is 5.95 Å². The molecule has 0 saturated carbocycles. The highest BCUT2D eigenvalue weighted by Crippen LogP contribution is 2.29. The number of nitrogens with zero attached hydrogens (tertiary/aromatic N) is 2. The normalized spacial score (nSPS) is 11.3. The second kappa shape index (κ2) is 8.30. The van der Waals surface area contributed by atoms with Crippen LogP contribution in [0.1, 0.15) is 23.2 Å². The summed E-state index contributed by atoms with van der Waals surface area (Å²) in [4.78, 5) is 18.2. The average Bonchev–Trinajstić information content (AvgIpc) is 2.66. The van der Waals surface area contributed by atoms with Gasteiger partial charge in [-0.1, -0.05) is 30.3 Å². The van der Waals surface area contributed by atoms with E-state index in [-0.39, 0.29) is 12.4 Å². The Balaban J connectivity index is 1.87. The Hall–Kier alpha value is -3.42. The van der Waals surface area contributed by atoms with Gasteiger partial charge in [0, 0.05) is 18.3 Å². The Morgan fingerprint density at radius 3 is 2.62 bits per heavy atom. The summed E-state index contributed by atoms with van der Waals surface area (Å²) in [5, 5.41) is 11.7. The van der Waals surface area contributed by atoms with E-state index < -0.39 is 17.8 Å². The molecule has 0 radical (unpaired) electrons. The third kappa shape index (κ3) is 5.54. The van der Waals surface area contributed by atoms with Crippen LogP contribution in [0.4, 0.5) is 24.8 Å². The molecule has 2 aromatic carbocycles. The lowest BCUT2D eigenvalue weighted by atomic mass is 9.99. The summed E-state index contributed by atoms with van der Waals surface area (Å²) >= 11 is 0. The summed E-state index contributed by atoms with van der Waals surface area (Å²) in [5.74, 6) is -1.01. The molecule has 0 spiro atoms. The van der Waals surface area contributed by atoms with Gasteiger partial charge < -0.3 is 10.4 Å². The molecular formula is C21H18F3N3O2. The van der Waals surface area contributed by atoms with Crippen molar-refractivity contribution in [2.24, 2.45) is 0 Å². The number of benzene rings is 2. The van der Waals surface area contributed by atoms with E-state index in [1.54, 1.807) is 12.1 Å². The summed E-state index contributed by atoms with van der Waals surface area (Å²) in [5.41, 5.74) is 3.04. The Labute approximate surface area is 165 Å². The Bertz CT molecular complexity index is 1040. The molecule has 0 amide bonds. The molecule has 8 heteroatoms. The summed E-state index contributed by atoms with van der Waals surface area (Å²) in [6.45, 7) is 1.87. The Morgan fingerprint density at radius 1 is 1.10 bits per heavy atom. The first kappa shape index (κ1) is 20.3. The zero-order valence-corrected chi connectivity index (χ0v) is 15.5. The van der Waals surface area contributed by atoms with E-state index in [4.69, 9.17) is 5.11 Å². The fourth-order valence-electron chi connectivity index (χ4n) is 2.89. The van der Waals surface area contributed by atoms with Crippen molar-refractivity contribution in [1.29, 1.82) is 0 Å². The summed E-state index contributed by atoms with van der Waals surface area (Å²) < 4.78 is 38.6. The first-order valence-corrected chi connectivity index (χ1v) is 8.81. The average molecular weight is 401 g/mol. The molecule has 0 saturated heterocycles. The molecule has 5 nitrogen and oxygen atoms in total. The molecule has 0 aliphatic carbocycles. The van der Waals surface area contributed by atoms with Crippen LogP contribution < -0.4 is 5.32 Å². The number of carboxylic acids is 1. The van der Waals surface area contributed by atoms with Crippen LogP contribution in [-0.4, -0.2) is 21.0 Å². The minimum Gasteiger partial charge on any atom is -0.481 e. The van der Waals surface area contributed by atoms with Crippen molar-refractivity contribution in [1.82, 2.24) is 9.97 Å². The van der Waals surface area contributed by atoms with Gasteiger partial charge in [-0.05, 0) is 53.8 Å². The fraction of sp³-hybridized carbons (Fsp3) is 0.190. The Kier molecular flexibility index (Phi) is 5.81. The molecule has 150 valence electrons. The van der Waals surface area contributed by atoms with Crippen LogP contribution in [-0.2, 0) is 17.4 Å². The molecule has 0 fully saturated rings. The van der Waals surface area contributed by atoms with Crippen molar-refractivity contribution >= 4 is 17.6 Å². The number of aromatic nitrogens is 2. The van der Waals surface area contributed by atoms with Gasteiger partial charge in [0.05, 0.1) is 0 Å². The van der Waals surface area contributed by atoms with Gasteiger partial charge in [0.15, 0.2) is 0 Å². The van der Waals surface area contributed by atoms with E-state index in [2.05, 4.69) is 15.3 Å². The zero-order valence-electron chi connectivity index (χ0n) is 15.5. The van der Waals surface area contributed by atoms with Crippen molar-refractivity contribution in [3.05, 3.63) is 71.5 Å². The van der Waals surface area contributed by atoms with Crippen molar-refractivity contribution in [3.63, 3.8) is 0 Å². The van der Waals surface area contributed by atoms with Gasteiger partial charge in [-0.15, -0.1) is 0 Å². The van der Waals surface area contributed by atoms with Gasteiger partial charge in [-0.3, -0.25) is 4.79 Å². The maximum Gasteiger partial charge on any atom is 0.433 e. The maximum atomic E-state index is 12.9. The minimum atomic E-state index is -4.55. The van der Waals surface area contributed by atoms with Crippen molar-refractivity contribution in [2.75, 3.05) is 5.32 Å². The molecule has 3 rings (SSSR count). The predicted molar refractivity (Wildman–Crippen MR) is 103 cm³/mol. The Morgan fingerprint density at radius 2 is 1.90 bits per heavy atom. The molecule has 1 aromatic heterocycles. The van der Waals surface area contributed by atoms with Crippen molar-refractivity contribution in [2.45, 2.75) is 25.9 Å². The number of anilines is 2. The lowest BCUT2D eigenvalue weighted by Crippen LogP contribution is -2.10. The number of nitrogens with one attached hydrogen (secondary N) is 1. The van der Waals surface area contributed by atoms with Crippen LogP contribution in [0.2, 0.25) is 0 Å². The molecule has 1 heterocycles. The van der Waals surface area contributed by atoms with Gasteiger partial charge in [0.1, 0.15) is 5.69 Å². The zero-order chi connectivity index (χ0) is 21.0. The lowest BCUT2D eigenvalue weighted by molar-refractivity contribution is -0.141. The van der Waals surface area contributed by atoms with Gasteiger partial charge >= 0.3 is 12.1 Å². The molecule has 3 aromatic rings. The standard InChI is InChI=1S/C21H18F3N3O2/c1-13-9-16(15-4-2-3-14(11-15)5-6-19(28)29)12-17(10-13)26-20-25-8-7-18(27-20)21(22,23)24/h2-4,7-12H,5-6H2,1H3,(H,28,29)(H,25,26,27). The number of alkyl halides is 3. The smallest absolute Gasteiger partial charge is 0.433 e. The highest BCUT2D eigenvalue weighted by molar-refractivity contribution is 5.72. The molecule has 0 aliphatic rings. The molecule has 0 bridgehead atoms. The van der Waals surface area contributed by atoms with E-state index in [1.165, 1.54) is 0 Å². The molecule has 29 heavy (non-hydrogen) atoms. The van der Waals surface area contributed by atoms with E-state index in [0.717, 1.165) is 34.5 Å². The number of carboxylic acid groups (broad SMARTS) is 1. The van der Waals surface area contributed by atoms with E-state index in [1.807, 2.05) is 37.3 Å². The van der Waals surface area contributed by atoms with Crippen LogP contribution in [0.15, 0.2) is 54.7 Å². The predicted octanol–water partition coefficient (Wildman–Crippen LogP) is 5.23. The van der Waals surface area contributed by atoms with Crippen LogP contribution in [0.3, 0.4) is 0 Å². The number of aryl methyl sites for hydroxylation is 2. The maximum absolute atomic E-state index is 12.9. The molecule has 0 aliphatic heterocycles. The molecule has 0 unspecified atom stereocenters. The van der Waals surface area contributed by atoms with Gasteiger partial charge in [0.25, 0.3) is 0 Å². The highest BCUT2D eigenvalue weighted by atomic mass is 19.4. The minimum absolute atomic E-state index is 0.0387. The topological polar surface area (TPSA) is 75.1 Å². The quantitative estimate of drug-likeness (QED) is 0.591. The van der Waals surface area contributed by atoms with Crippen LogP contribution in [0.5, 0.6) is 0 Å². The van der Waals surface area contributed by atoms with Crippen LogP contribution in [0.25, 0.3) is 11.1 Å². The number of hydrogen-bond acceptors (Lipinski definition) is 4. The van der Waals surface area contributed by atoms with Crippen molar-refractivity contribution in [3.8, 4) is 11.1 Å². The number of aliphatic carboxylic acids is 1. The second-order valence-corrected chi connectivity index (χ2v) is 6.57. The summed E-state index contributed by atoms with van der Waals surface area (Å²) in [7, 11) is 0. The number of hydrogen-bond donors (Lipinski definition) is 2. The van der Waals surface area contributed by atoms with Crippen LogP contribution >= 0.6 is 0 Å². The lowest BCUT2D eigenvalue weighted by Gasteiger charge is -2.12. The number of halogens is 3. The molecular weight excluding hydrogens is 383 g/mol. The first-order valence-electron chi connectivity index (χ1n) is 8.81. The third-order valence-electron chi connectivity index (χ3n) is 4.17. The largest absolute Gasteiger partial charge is 0.481 e. The fourth-order valence-corrected chi connectivity index (χ4v) is 2.89. The monoisotopic (exact) mass is 401 g/mol. The second-order valence-electron chi connectivity index (χ2n) is 6.57.